The summed E-state index contributed by atoms with van der Waals surface area (Å²) in [5, 5.41) is 0. The SMILES string of the molecule is CC(=O)NOc1cccc(-c2ccccc2)c1C(C)=O. The number of hydroxylamine groups is 1. The van der Waals surface area contributed by atoms with Gasteiger partial charge in [0.25, 0.3) is 0 Å². The fourth-order valence-electron chi connectivity index (χ4n) is 1.96. The molecule has 4 nitrogen and oxygen atoms in total. The summed E-state index contributed by atoms with van der Waals surface area (Å²) in [6, 6.07) is 14.8. The van der Waals surface area contributed by atoms with Gasteiger partial charge >= 0.3 is 0 Å². The summed E-state index contributed by atoms with van der Waals surface area (Å²) >= 11 is 0. The van der Waals surface area contributed by atoms with E-state index in [0.717, 1.165) is 11.1 Å². The van der Waals surface area contributed by atoms with Gasteiger partial charge in [-0.2, -0.15) is 5.48 Å². The monoisotopic (exact) mass is 269 g/mol. The molecular formula is C16H15NO3. The highest BCUT2D eigenvalue weighted by molar-refractivity contribution is 6.03. The maximum absolute atomic E-state index is 11.9. The Balaban J connectivity index is 2.50. The molecule has 0 heterocycles. The molecule has 4 heteroatoms. The maximum Gasteiger partial charge on any atom is 0.249 e. The number of hydrogen-bond donors (Lipinski definition) is 1. The van der Waals surface area contributed by atoms with Crippen molar-refractivity contribution in [3.8, 4) is 16.9 Å². The van der Waals surface area contributed by atoms with Crippen LogP contribution in [0.2, 0.25) is 0 Å². The molecule has 1 N–H and O–H groups in total. The van der Waals surface area contributed by atoms with Crippen LogP contribution in [0.4, 0.5) is 0 Å². The number of nitrogens with one attached hydrogen (secondary N) is 1. The van der Waals surface area contributed by atoms with Crippen molar-refractivity contribution in [1.29, 1.82) is 0 Å². The van der Waals surface area contributed by atoms with Gasteiger partial charge in [0.05, 0.1) is 5.56 Å². The van der Waals surface area contributed by atoms with Crippen molar-refractivity contribution in [2.24, 2.45) is 0 Å². The van der Waals surface area contributed by atoms with Gasteiger partial charge < -0.3 is 4.84 Å². The number of carbonyl (C=O) groups excluding carboxylic acids is 2. The average Bonchev–Trinajstić information content (AvgIpc) is 2.45. The molecule has 1 amide bonds. The second kappa shape index (κ2) is 6.02. The summed E-state index contributed by atoms with van der Waals surface area (Å²) in [5.41, 5.74) is 4.40. The van der Waals surface area contributed by atoms with E-state index in [-0.39, 0.29) is 11.7 Å². The quantitative estimate of drug-likeness (QED) is 0.685. The van der Waals surface area contributed by atoms with E-state index in [2.05, 4.69) is 5.48 Å². The van der Waals surface area contributed by atoms with Crippen LogP contribution in [-0.4, -0.2) is 11.7 Å². The molecule has 2 rings (SSSR count). The lowest BCUT2D eigenvalue weighted by Crippen LogP contribution is -2.24. The molecule has 0 aliphatic rings. The first-order valence-electron chi connectivity index (χ1n) is 6.22. The summed E-state index contributed by atoms with van der Waals surface area (Å²) < 4.78 is 0. The Hall–Kier alpha value is -2.62. The summed E-state index contributed by atoms with van der Waals surface area (Å²) in [7, 11) is 0. The minimum Gasteiger partial charge on any atom is -0.379 e. The molecular weight excluding hydrogens is 254 g/mol. The zero-order chi connectivity index (χ0) is 14.5. The fourth-order valence-corrected chi connectivity index (χ4v) is 1.96. The third-order valence-corrected chi connectivity index (χ3v) is 2.77. The van der Waals surface area contributed by atoms with Crippen LogP contribution in [0.5, 0.6) is 5.75 Å². The number of benzene rings is 2. The minimum atomic E-state index is -0.329. The number of Topliss-reactive ketones (excluding diaryl/α,β-unsaturated/α-hetero) is 1. The number of rotatable bonds is 4. The topological polar surface area (TPSA) is 55.4 Å². The highest BCUT2D eigenvalue weighted by atomic mass is 16.7. The Morgan fingerprint density at radius 3 is 2.25 bits per heavy atom. The van der Waals surface area contributed by atoms with Crippen LogP contribution in [0.25, 0.3) is 11.1 Å². The van der Waals surface area contributed by atoms with Gasteiger partial charge in [-0.1, -0.05) is 42.5 Å². The summed E-state index contributed by atoms with van der Waals surface area (Å²) in [6.45, 7) is 2.82. The van der Waals surface area contributed by atoms with Crippen molar-refractivity contribution < 1.29 is 14.4 Å². The van der Waals surface area contributed by atoms with Gasteiger partial charge in [0, 0.05) is 6.92 Å². The molecule has 0 unspecified atom stereocenters. The highest BCUT2D eigenvalue weighted by Crippen LogP contribution is 2.30. The van der Waals surface area contributed by atoms with Gasteiger partial charge in [-0.25, -0.2) is 0 Å². The highest BCUT2D eigenvalue weighted by Gasteiger charge is 2.15. The lowest BCUT2D eigenvalue weighted by atomic mass is 9.97. The molecule has 0 bridgehead atoms. The van der Waals surface area contributed by atoms with Crippen LogP contribution in [-0.2, 0) is 4.79 Å². The standard InChI is InChI=1S/C16H15NO3/c1-11(18)16-14(13-7-4-3-5-8-13)9-6-10-15(16)20-17-12(2)19/h3-10H,1-2H3,(H,17,19). The lowest BCUT2D eigenvalue weighted by molar-refractivity contribution is -0.125. The molecule has 2 aromatic rings. The van der Waals surface area contributed by atoms with E-state index >= 15 is 0 Å². The van der Waals surface area contributed by atoms with E-state index in [1.54, 1.807) is 12.1 Å². The first-order chi connectivity index (χ1) is 9.59. The fraction of sp³-hybridized carbons (Fsp3) is 0.125. The number of ketones is 1. The normalized spacial score (nSPS) is 9.90. The van der Waals surface area contributed by atoms with Crippen molar-refractivity contribution in [2.45, 2.75) is 13.8 Å². The second-order valence-corrected chi connectivity index (χ2v) is 4.36. The van der Waals surface area contributed by atoms with E-state index in [1.807, 2.05) is 36.4 Å². The Kier molecular flexibility index (Phi) is 4.15. The second-order valence-electron chi connectivity index (χ2n) is 4.36. The Bertz CT molecular complexity index is 635. The zero-order valence-corrected chi connectivity index (χ0v) is 11.3. The molecule has 102 valence electrons. The van der Waals surface area contributed by atoms with Crippen molar-refractivity contribution in [1.82, 2.24) is 5.48 Å². The van der Waals surface area contributed by atoms with Gasteiger partial charge in [0.2, 0.25) is 5.91 Å². The first kappa shape index (κ1) is 13.8. The van der Waals surface area contributed by atoms with Crippen molar-refractivity contribution in [2.75, 3.05) is 0 Å². The molecule has 0 spiro atoms. The summed E-state index contributed by atoms with van der Waals surface area (Å²) in [5.74, 6) is -0.108. The smallest absolute Gasteiger partial charge is 0.249 e. The third-order valence-electron chi connectivity index (χ3n) is 2.77. The molecule has 0 saturated heterocycles. The molecule has 2 aromatic carbocycles. The van der Waals surface area contributed by atoms with Crippen LogP contribution in [0.1, 0.15) is 24.2 Å². The zero-order valence-electron chi connectivity index (χ0n) is 11.3. The molecule has 0 atom stereocenters. The van der Waals surface area contributed by atoms with Crippen molar-refractivity contribution in [3.05, 3.63) is 54.1 Å². The number of carbonyl (C=O) groups is 2. The van der Waals surface area contributed by atoms with Crippen LogP contribution in [0, 0.1) is 0 Å². The first-order valence-corrected chi connectivity index (χ1v) is 6.22. The molecule has 20 heavy (non-hydrogen) atoms. The molecule has 0 aliphatic carbocycles. The van der Waals surface area contributed by atoms with E-state index in [1.165, 1.54) is 13.8 Å². The summed E-state index contributed by atoms with van der Waals surface area (Å²) in [6.07, 6.45) is 0. The van der Waals surface area contributed by atoms with E-state index in [4.69, 9.17) is 4.84 Å². The van der Waals surface area contributed by atoms with Gasteiger partial charge in [0.15, 0.2) is 11.5 Å². The molecule has 0 aromatic heterocycles. The molecule has 0 aliphatic heterocycles. The van der Waals surface area contributed by atoms with Crippen LogP contribution >= 0.6 is 0 Å². The minimum absolute atomic E-state index is 0.121. The molecule has 0 fully saturated rings. The van der Waals surface area contributed by atoms with Crippen molar-refractivity contribution in [3.63, 3.8) is 0 Å². The van der Waals surface area contributed by atoms with Crippen LogP contribution in [0.3, 0.4) is 0 Å². The van der Waals surface area contributed by atoms with Gasteiger partial charge in [-0.3, -0.25) is 9.59 Å². The Morgan fingerprint density at radius 2 is 1.65 bits per heavy atom. The van der Waals surface area contributed by atoms with Gasteiger partial charge in [-0.15, -0.1) is 0 Å². The molecule has 0 saturated carbocycles. The number of amides is 1. The lowest BCUT2D eigenvalue weighted by Gasteiger charge is -2.13. The largest absolute Gasteiger partial charge is 0.379 e. The Morgan fingerprint density at radius 1 is 0.950 bits per heavy atom. The predicted octanol–water partition coefficient (Wildman–Crippen LogP) is 2.99. The predicted molar refractivity (Wildman–Crippen MR) is 76.3 cm³/mol. The third kappa shape index (κ3) is 3.03. The van der Waals surface area contributed by atoms with Crippen molar-refractivity contribution >= 4 is 11.7 Å². The van der Waals surface area contributed by atoms with Crippen LogP contribution in [0.15, 0.2) is 48.5 Å². The maximum atomic E-state index is 11.9. The average molecular weight is 269 g/mol. The van der Waals surface area contributed by atoms with E-state index < -0.39 is 0 Å². The van der Waals surface area contributed by atoms with Gasteiger partial charge in [0.1, 0.15) is 0 Å². The van der Waals surface area contributed by atoms with E-state index in [9.17, 15) is 9.59 Å². The Labute approximate surface area is 117 Å². The van der Waals surface area contributed by atoms with Crippen LogP contribution < -0.4 is 10.3 Å². The molecule has 0 radical (unpaired) electrons. The van der Waals surface area contributed by atoms with E-state index in [0.29, 0.717) is 11.3 Å². The number of hydrogen-bond acceptors (Lipinski definition) is 3. The summed E-state index contributed by atoms with van der Waals surface area (Å²) in [4.78, 5) is 28.0. The van der Waals surface area contributed by atoms with Gasteiger partial charge in [-0.05, 0) is 24.1 Å².